The summed E-state index contributed by atoms with van der Waals surface area (Å²) < 4.78 is 0. The highest BCUT2D eigenvalue weighted by Crippen LogP contribution is 2.24. The van der Waals surface area contributed by atoms with Gasteiger partial charge in [-0.2, -0.15) is 11.8 Å². The van der Waals surface area contributed by atoms with Crippen LogP contribution in [0.1, 0.15) is 38.1 Å². The Balaban J connectivity index is 3.09. The number of anilines is 2. The molecule has 0 amide bonds. The summed E-state index contributed by atoms with van der Waals surface area (Å²) in [6, 6.07) is 0.484. The molecule has 1 aromatic heterocycles. The molecule has 0 radical (unpaired) electrons. The number of aromatic nitrogens is 2. The maximum atomic E-state index is 6.02. The van der Waals surface area contributed by atoms with Crippen LogP contribution in [0, 0.1) is 6.92 Å². The van der Waals surface area contributed by atoms with Gasteiger partial charge in [-0.05, 0) is 26.0 Å². The van der Waals surface area contributed by atoms with Crippen molar-refractivity contribution in [3.63, 3.8) is 0 Å². The molecule has 2 N–H and O–H groups in total. The summed E-state index contributed by atoms with van der Waals surface area (Å²) in [5, 5.41) is 0. The highest BCUT2D eigenvalue weighted by Gasteiger charge is 2.18. The molecule has 108 valence electrons. The zero-order valence-corrected chi connectivity index (χ0v) is 13.5. The van der Waals surface area contributed by atoms with E-state index in [1.807, 2.05) is 18.7 Å². The standard InChI is InChI=1S/C14H26N4S/c1-6-8-12-16-13(15)10(3)14(17-12)18(4)11(7-2)9-19-5/h11H,6-9H2,1-5H3,(H2,15,16,17). The predicted molar refractivity (Wildman–Crippen MR) is 86.0 cm³/mol. The number of hydrogen-bond acceptors (Lipinski definition) is 5. The molecule has 0 aliphatic carbocycles. The molecule has 0 aliphatic rings. The molecule has 0 fully saturated rings. The number of hydrogen-bond donors (Lipinski definition) is 1. The van der Waals surface area contributed by atoms with Crippen LogP contribution < -0.4 is 10.6 Å². The predicted octanol–water partition coefficient (Wildman–Crippen LogP) is 2.90. The lowest BCUT2D eigenvalue weighted by Gasteiger charge is -2.29. The van der Waals surface area contributed by atoms with E-state index in [1.165, 1.54) is 0 Å². The summed E-state index contributed by atoms with van der Waals surface area (Å²) in [5.41, 5.74) is 7.01. The van der Waals surface area contributed by atoms with Crippen molar-refractivity contribution in [2.75, 3.05) is 29.7 Å². The monoisotopic (exact) mass is 282 g/mol. The van der Waals surface area contributed by atoms with Gasteiger partial charge < -0.3 is 10.6 Å². The Bertz CT molecular complexity index is 409. The van der Waals surface area contributed by atoms with Crippen molar-refractivity contribution < 1.29 is 0 Å². The van der Waals surface area contributed by atoms with Gasteiger partial charge in [0, 0.05) is 30.8 Å². The van der Waals surface area contributed by atoms with Gasteiger partial charge in [-0.25, -0.2) is 9.97 Å². The molecule has 0 bridgehead atoms. The third-order valence-electron chi connectivity index (χ3n) is 3.39. The number of nitrogen functional groups attached to an aromatic ring is 1. The van der Waals surface area contributed by atoms with E-state index in [2.05, 4.69) is 37.0 Å². The molecule has 1 atom stereocenters. The van der Waals surface area contributed by atoms with Crippen LogP contribution in [0.15, 0.2) is 0 Å². The lowest BCUT2D eigenvalue weighted by molar-refractivity contribution is 0.659. The second-order valence-corrected chi connectivity index (χ2v) is 5.76. The number of aryl methyl sites for hydroxylation is 1. The molecule has 5 heteroatoms. The third-order valence-corrected chi connectivity index (χ3v) is 4.11. The number of thioether (sulfide) groups is 1. The van der Waals surface area contributed by atoms with Crippen LogP contribution in [0.2, 0.25) is 0 Å². The average molecular weight is 282 g/mol. The molecule has 19 heavy (non-hydrogen) atoms. The largest absolute Gasteiger partial charge is 0.383 e. The first-order valence-corrected chi connectivity index (χ1v) is 8.29. The summed E-state index contributed by atoms with van der Waals surface area (Å²) in [6.07, 6.45) is 5.16. The Hall–Kier alpha value is -0.970. The SMILES string of the molecule is CCCc1nc(N)c(C)c(N(C)C(CC)CSC)n1. The molecule has 1 heterocycles. The lowest BCUT2D eigenvalue weighted by atomic mass is 10.2. The fourth-order valence-electron chi connectivity index (χ4n) is 2.12. The van der Waals surface area contributed by atoms with Crippen LogP contribution in [-0.2, 0) is 6.42 Å². The molecular weight excluding hydrogens is 256 g/mol. The van der Waals surface area contributed by atoms with Gasteiger partial charge >= 0.3 is 0 Å². The molecule has 1 aromatic rings. The molecule has 0 aromatic carbocycles. The minimum Gasteiger partial charge on any atom is -0.383 e. The highest BCUT2D eigenvalue weighted by molar-refractivity contribution is 7.98. The smallest absolute Gasteiger partial charge is 0.137 e. The molecule has 0 spiro atoms. The van der Waals surface area contributed by atoms with Gasteiger partial charge in [-0.1, -0.05) is 13.8 Å². The van der Waals surface area contributed by atoms with Crippen molar-refractivity contribution in [1.29, 1.82) is 0 Å². The molecule has 1 rings (SSSR count). The topological polar surface area (TPSA) is 55.0 Å². The minimum atomic E-state index is 0.484. The summed E-state index contributed by atoms with van der Waals surface area (Å²) >= 11 is 1.87. The van der Waals surface area contributed by atoms with E-state index >= 15 is 0 Å². The van der Waals surface area contributed by atoms with Crippen LogP contribution in [0.3, 0.4) is 0 Å². The first-order valence-electron chi connectivity index (χ1n) is 6.89. The van der Waals surface area contributed by atoms with Gasteiger partial charge in [-0.15, -0.1) is 0 Å². The van der Waals surface area contributed by atoms with E-state index in [0.29, 0.717) is 11.9 Å². The first kappa shape index (κ1) is 16.1. The van der Waals surface area contributed by atoms with Crippen molar-refractivity contribution in [2.24, 2.45) is 0 Å². The first-order chi connectivity index (χ1) is 9.04. The van der Waals surface area contributed by atoms with Crippen LogP contribution in [0.4, 0.5) is 11.6 Å². The average Bonchev–Trinajstić information content (AvgIpc) is 2.39. The van der Waals surface area contributed by atoms with E-state index in [1.54, 1.807) is 0 Å². The van der Waals surface area contributed by atoms with Crippen LogP contribution in [-0.4, -0.2) is 35.1 Å². The van der Waals surface area contributed by atoms with Gasteiger partial charge in [0.05, 0.1) is 0 Å². The van der Waals surface area contributed by atoms with Crippen molar-refractivity contribution in [3.05, 3.63) is 11.4 Å². The van der Waals surface area contributed by atoms with Gasteiger partial charge in [0.1, 0.15) is 17.5 Å². The van der Waals surface area contributed by atoms with Crippen molar-refractivity contribution in [2.45, 2.75) is 46.1 Å². The van der Waals surface area contributed by atoms with E-state index in [9.17, 15) is 0 Å². The van der Waals surface area contributed by atoms with Crippen LogP contribution in [0.25, 0.3) is 0 Å². The van der Waals surface area contributed by atoms with E-state index in [0.717, 1.165) is 42.2 Å². The molecule has 0 saturated heterocycles. The van der Waals surface area contributed by atoms with Crippen molar-refractivity contribution >= 4 is 23.4 Å². The Morgan fingerprint density at radius 3 is 2.53 bits per heavy atom. The van der Waals surface area contributed by atoms with Crippen molar-refractivity contribution in [3.8, 4) is 0 Å². The Morgan fingerprint density at radius 1 is 1.32 bits per heavy atom. The molecule has 1 unspecified atom stereocenters. The molecule has 4 nitrogen and oxygen atoms in total. The Morgan fingerprint density at radius 2 is 2.00 bits per heavy atom. The van der Waals surface area contributed by atoms with E-state index in [-0.39, 0.29) is 0 Å². The third kappa shape index (κ3) is 4.00. The molecular formula is C14H26N4S. The molecule has 0 aliphatic heterocycles. The normalized spacial score (nSPS) is 12.5. The van der Waals surface area contributed by atoms with Gasteiger partial charge in [0.2, 0.25) is 0 Å². The zero-order chi connectivity index (χ0) is 14.4. The van der Waals surface area contributed by atoms with Crippen LogP contribution in [0.5, 0.6) is 0 Å². The summed E-state index contributed by atoms with van der Waals surface area (Å²) in [7, 11) is 2.11. The second kappa shape index (κ2) is 7.58. The second-order valence-electron chi connectivity index (χ2n) is 4.85. The lowest BCUT2D eigenvalue weighted by Crippen LogP contribution is -2.34. The zero-order valence-electron chi connectivity index (χ0n) is 12.7. The number of nitrogens with zero attached hydrogens (tertiary/aromatic N) is 3. The Labute approximate surface area is 121 Å². The summed E-state index contributed by atoms with van der Waals surface area (Å²) in [4.78, 5) is 11.3. The fraction of sp³-hybridized carbons (Fsp3) is 0.714. The maximum absolute atomic E-state index is 6.02. The highest BCUT2D eigenvalue weighted by atomic mass is 32.2. The van der Waals surface area contributed by atoms with Crippen LogP contribution >= 0.6 is 11.8 Å². The van der Waals surface area contributed by atoms with Gasteiger partial charge in [-0.3, -0.25) is 0 Å². The number of rotatable bonds is 7. The van der Waals surface area contributed by atoms with Crippen molar-refractivity contribution in [1.82, 2.24) is 9.97 Å². The van der Waals surface area contributed by atoms with Gasteiger partial charge in [0.25, 0.3) is 0 Å². The number of nitrogens with two attached hydrogens (primary N) is 1. The quantitative estimate of drug-likeness (QED) is 0.833. The Kier molecular flexibility index (Phi) is 6.42. The fourth-order valence-corrected chi connectivity index (χ4v) is 2.96. The maximum Gasteiger partial charge on any atom is 0.137 e. The van der Waals surface area contributed by atoms with E-state index < -0.39 is 0 Å². The molecule has 0 saturated carbocycles. The van der Waals surface area contributed by atoms with Gasteiger partial charge in [0.15, 0.2) is 0 Å². The minimum absolute atomic E-state index is 0.484. The van der Waals surface area contributed by atoms with E-state index in [4.69, 9.17) is 10.7 Å². The summed E-state index contributed by atoms with van der Waals surface area (Å²) in [5.74, 6) is 3.54. The summed E-state index contributed by atoms with van der Waals surface area (Å²) in [6.45, 7) is 6.35.